The highest BCUT2D eigenvalue weighted by Gasteiger charge is 2.40. The Morgan fingerprint density at radius 3 is 3.17 bits per heavy atom. The molecule has 1 fully saturated rings. The van der Waals surface area contributed by atoms with Crippen molar-refractivity contribution in [1.82, 2.24) is 5.32 Å². The SMILES string of the molecule is C=C(C)CNC1CC2CC=CC21. The monoisotopic (exact) mass is 163 g/mol. The summed E-state index contributed by atoms with van der Waals surface area (Å²) in [5, 5.41) is 3.54. The van der Waals surface area contributed by atoms with E-state index in [2.05, 4.69) is 31.0 Å². The van der Waals surface area contributed by atoms with Crippen LogP contribution >= 0.6 is 0 Å². The van der Waals surface area contributed by atoms with E-state index in [-0.39, 0.29) is 0 Å². The van der Waals surface area contributed by atoms with Crippen molar-refractivity contribution in [2.45, 2.75) is 25.8 Å². The molecule has 3 atom stereocenters. The van der Waals surface area contributed by atoms with E-state index < -0.39 is 0 Å². The van der Waals surface area contributed by atoms with Gasteiger partial charge in [-0.1, -0.05) is 24.3 Å². The van der Waals surface area contributed by atoms with Crippen molar-refractivity contribution in [2.24, 2.45) is 11.8 Å². The zero-order chi connectivity index (χ0) is 8.55. The van der Waals surface area contributed by atoms with Crippen LogP contribution in [0.25, 0.3) is 0 Å². The average molecular weight is 163 g/mol. The predicted octanol–water partition coefficient (Wildman–Crippen LogP) is 2.12. The van der Waals surface area contributed by atoms with Gasteiger partial charge in [0.2, 0.25) is 0 Å². The zero-order valence-corrected chi connectivity index (χ0v) is 7.72. The second-order valence-electron chi connectivity index (χ2n) is 4.18. The molecule has 12 heavy (non-hydrogen) atoms. The Bertz CT molecular complexity index is 217. The van der Waals surface area contributed by atoms with E-state index in [4.69, 9.17) is 0 Å². The number of nitrogens with one attached hydrogen (secondary N) is 1. The summed E-state index contributed by atoms with van der Waals surface area (Å²) in [5.74, 6) is 1.80. The van der Waals surface area contributed by atoms with Crippen molar-refractivity contribution in [3.05, 3.63) is 24.3 Å². The van der Waals surface area contributed by atoms with Crippen molar-refractivity contribution >= 4 is 0 Å². The molecular formula is C11H17N. The summed E-state index contributed by atoms with van der Waals surface area (Å²) >= 11 is 0. The van der Waals surface area contributed by atoms with Crippen LogP contribution in [0.1, 0.15) is 19.8 Å². The highest BCUT2D eigenvalue weighted by Crippen LogP contribution is 2.42. The topological polar surface area (TPSA) is 12.0 Å². The lowest BCUT2D eigenvalue weighted by Crippen LogP contribution is -2.48. The highest BCUT2D eigenvalue weighted by atomic mass is 14.9. The maximum Gasteiger partial charge on any atom is 0.0161 e. The van der Waals surface area contributed by atoms with Crippen LogP contribution in [-0.4, -0.2) is 12.6 Å². The van der Waals surface area contributed by atoms with Crippen LogP contribution in [0.15, 0.2) is 24.3 Å². The summed E-state index contributed by atoms with van der Waals surface area (Å²) in [6.45, 7) is 6.96. The fourth-order valence-electron chi connectivity index (χ4n) is 2.25. The minimum Gasteiger partial charge on any atom is -0.310 e. The predicted molar refractivity (Wildman–Crippen MR) is 52.0 cm³/mol. The number of allylic oxidation sites excluding steroid dienone is 1. The second kappa shape index (κ2) is 3.06. The highest BCUT2D eigenvalue weighted by molar-refractivity contribution is 5.13. The minimum atomic E-state index is 0.741. The summed E-state index contributed by atoms with van der Waals surface area (Å²) in [5.41, 5.74) is 1.24. The van der Waals surface area contributed by atoms with E-state index in [1.807, 2.05) is 0 Å². The van der Waals surface area contributed by atoms with Crippen molar-refractivity contribution in [3.8, 4) is 0 Å². The quantitative estimate of drug-likeness (QED) is 0.628. The lowest BCUT2D eigenvalue weighted by Gasteiger charge is -2.40. The fraction of sp³-hybridized carbons (Fsp3) is 0.636. The van der Waals surface area contributed by atoms with Gasteiger partial charge >= 0.3 is 0 Å². The molecular weight excluding hydrogens is 146 g/mol. The average Bonchev–Trinajstić information content (AvgIpc) is 2.32. The Labute approximate surface area is 74.5 Å². The van der Waals surface area contributed by atoms with E-state index >= 15 is 0 Å². The van der Waals surface area contributed by atoms with Crippen LogP contribution in [0.4, 0.5) is 0 Å². The van der Waals surface area contributed by atoms with Crippen LogP contribution < -0.4 is 5.32 Å². The van der Waals surface area contributed by atoms with Gasteiger partial charge in [-0.25, -0.2) is 0 Å². The fourth-order valence-corrected chi connectivity index (χ4v) is 2.25. The van der Waals surface area contributed by atoms with Crippen molar-refractivity contribution in [1.29, 1.82) is 0 Å². The Kier molecular flexibility index (Phi) is 2.05. The molecule has 0 aromatic heterocycles. The first kappa shape index (κ1) is 8.06. The summed E-state index contributed by atoms with van der Waals surface area (Å²) in [6.07, 6.45) is 7.39. The van der Waals surface area contributed by atoms with Gasteiger partial charge in [0.05, 0.1) is 0 Å². The molecule has 0 bridgehead atoms. The van der Waals surface area contributed by atoms with Crippen molar-refractivity contribution < 1.29 is 0 Å². The molecule has 1 saturated carbocycles. The number of hydrogen-bond donors (Lipinski definition) is 1. The van der Waals surface area contributed by atoms with Gasteiger partial charge in [0.1, 0.15) is 0 Å². The van der Waals surface area contributed by atoms with Gasteiger partial charge < -0.3 is 5.32 Å². The molecule has 0 aromatic rings. The zero-order valence-electron chi connectivity index (χ0n) is 7.72. The molecule has 0 heterocycles. The summed E-state index contributed by atoms with van der Waals surface area (Å²) in [4.78, 5) is 0. The smallest absolute Gasteiger partial charge is 0.0161 e. The van der Waals surface area contributed by atoms with Crippen molar-refractivity contribution in [3.63, 3.8) is 0 Å². The molecule has 0 saturated heterocycles. The molecule has 1 heteroatoms. The summed E-state index contributed by atoms with van der Waals surface area (Å²) < 4.78 is 0. The molecule has 3 unspecified atom stereocenters. The second-order valence-corrected chi connectivity index (χ2v) is 4.18. The first-order valence-electron chi connectivity index (χ1n) is 4.82. The van der Waals surface area contributed by atoms with Crippen LogP contribution in [0.3, 0.4) is 0 Å². The van der Waals surface area contributed by atoms with Gasteiger partial charge in [0.15, 0.2) is 0 Å². The third-order valence-corrected chi connectivity index (χ3v) is 3.03. The van der Waals surface area contributed by atoms with Gasteiger partial charge in [0, 0.05) is 12.6 Å². The molecule has 0 amide bonds. The summed E-state index contributed by atoms with van der Waals surface area (Å²) in [6, 6.07) is 0.741. The Balaban J connectivity index is 1.77. The lowest BCUT2D eigenvalue weighted by molar-refractivity contribution is 0.167. The maximum absolute atomic E-state index is 3.89. The van der Waals surface area contributed by atoms with Crippen LogP contribution in [-0.2, 0) is 0 Å². The van der Waals surface area contributed by atoms with E-state index in [1.54, 1.807) is 0 Å². The van der Waals surface area contributed by atoms with Gasteiger partial charge in [-0.05, 0) is 31.6 Å². The molecule has 2 aliphatic carbocycles. The minimum absolute atomic E-state index is 0.741. The molecule has 0 spiro atoms. The van der Waals surface area contributed by atoms with E-state index in [9.17, 15) is 0 Å². The molecule has 0 radical (unpaired) electrons. The molecule has 1 N–H and O–H groups in total. The van der Waals surface area contributed by atoms with E-state index in [0.29, 0.717) is 0 Å². The van der Waals surface area contributed by atoms with Crippen LogP contribution in [0.5, 0.6) is 0 Å². The summed E-state index contributed by atoms with van der Waals surface area (Å²) in [7, 11) is 0. The van der Waals surface area contributed by atoms with Gasteiger partial charge in [0.25, 0.3) is 0 Å². The van der Waals surface area contributed by atoms with Gasteiger partial charge in [-0.2, -0.15) is 0 Å². The molecule has 2 rings (SSSR count). The third-order valence-electron chi connectivity index (χ3n) is 3.03. The normalized spacial score (nSPS) is 37.6. The first-order chi connectivity index (χ1) is 5.77. The van der Waals surface area contributed by atoms with Crippen LogP contribution in [0, 0.1) is 11.8 Å². The number of fused-ring (bicyclic) bond motifs is 1. The third kappa shape index (κ3) is 1.34. The van der Waals surface area contributed by atoms with Crippen molar-refractivity contribution in [2.75, 3.05) is 6.54 Å². The number of rotatable bonds is 3. The molecule has 0 aromatic carbocycles. The van der Waals surface area contributed by atoms with Gasteiger partial charge in [-0.15, -0.1) is 0 Å². The molecule has 66 valence electrons. The maximum atomic E-state index is 3.89. The lowest BCUT2D eigenvalue weighted by atomic mass is 9.71. The standard InChI is InChI=1S/C11H17N/c1-8(2)7-12-11-6-9-4-3-5-10(9)11/h3,5,9-12H,1,4,6-7H2,2H3. The van der Waals surface area contributed by atoms with Crippen LogP contribution in [0.2, 0.25) is 0 Å². The first-order valence-corrected chi connectivity index (χ1v) is 4.82. The van der Waals surface area contributed by atoms with E-state index in [1.165, 1.54) is 18.4 Å². The molecule has 0 aliphatic heterocycles. The van der Waals surface area contributed by atoms with E-state index in [0.717, 1.165) is 24.4 Å². The Morgan fingerprint density at radius 2 is 2.50 bits per heavy atom. The molecule has 2 aliphatic rings. The molecule has 1 nitrogen and oxygen atoms in total. The van der Waals surface area contributed by atoms with Gasteiger partial charge in [-0.3, -0.25) is 0 Å². The number of hydrogen-bond acceptors (Lipinski definition) is 1. The Morgan fingerprint density at radius 1 is 1.67 bits per heavy atom. The Hall–Kier alpha value is -0.560. The largest absolute Gasteiger partial charge is 0.310 e.